The van der Waals surface area contributed by atoms with Gasteiger partial charge in [0, 0.05) is 62.4 Å². The Kier molecular flexibility index (Phi) is 7.52. The molecule has 1 aromatic carbocycles. The van der Waals surface area contributed by atoms with E-state index in [4.69, 9.17) is 14.6 Å². The second-order valence-corrected chi connectivity index (χ2v) is 7.89. The standard InChI is InChI=1S/C19H24N4O2.C2HF3O2/c1-22-9-14(7-21-22)10-23-11-17-16(13-25-18(17)12-23)8-20-19(24)15-5-3-2-4-6-15;3-2(4,5)1(6)7/h2-7,9,16-18H,8,10-13H2,1H3,(H,20,24);(H,6,7)/t16-,17-,18-;/m1./s1. The van der Waals surface area contributed by atoms with Gasteiger partial charge in [0.2, 0.25) is 0 Å². The number of aromatic nitrogens is 2. The van der Waals surface area contributed by atoms with Crippen LogP contribution in [0.1, 0.15) is 15.9 Å². The highest BCUT2D eigenvalue weighted by Gasteiger charge is 2.43. The summed E-state index contributed by atoms with van der Waals surface area (Å²) in [4.78, 5) is 23.6. The van der Waals surface area contributed by atoms with Crippen LogP contribution in [-0.4, -0.2) is 70.2 Å². The molecule has 2 saturated heterocycles. The van der Waals surface area contributed by atoms with Gasteiger partial charge in [-0.2, -0.15) is 18.3 Å². The number of alkyl halides is 3. The maximum atomic E-state index is 12.2. The normalized spacial score (nSPS) is 22.7. The third-order valence-electron chi connectivity index (χ3n) is 5.48. The zero-order chi connectivity index (χ0) is 23.3. The Morgan fingerprint density at radius 2 is 1.94 bits per heavy atom. The number of carboxylic acids is 1. The number of nitrogens with zero attached hydrogens (tertiary/aromatic N) is 3. The molecule has 2 N–H and O–H groups in total. The number of rotatable bonds is 5. The van der Waals surface area contributed by atoms with Crippen molar-refractivity contribution in [3.8, 4) is 0 Å². The number of benzene rings is 1. The minimum Gasteiger partial charge on any atom is -0.475 e. The number of nitrogens with one attached hydrogen (secondary N) is 1. The Balaban J connectivity index is 0.000000360. The van der Waals surface area contributed by atoms with Crippen molar-refractivity contribution >= 4 is 11.9 Å². The lowest BCUT2D eigenvalue weighted by atomic mass is 9.93. The summed E-state index contributed by atoms with van der Waals surface area (Å²) in [5.74, 6) is -1.88. The van der Waals surface area contributed by atoms with Gasteiger partial charge in [-0.05, 0) is 12.1 Å². The number of aliphatic carboxylic acids is 1. The number of aryl methyl sites for hydroxylation is 1. The predicted octanol–water partition coefficient (Wildman–Crippen LogP) is 1.93. The summed E-state index contributed by atoms with van der Waals surface area (Å²) in [7, 11) is 1.94. The molecule has 2 aromatic rings. The molecular weight excluding hydrogens is 429 g/mol. The van der Waals surface area contributed by atoms with Crippen LogP contribution < -0.4 is 5.32 Å². The van der Waals surface area contributed by atoms with Crippen LogP contribution in [0.15, 0.2) is 42.7 Å². The molecule has 1 amide bonds. The summed E-state index contributed by atoms with van der Waals surface area (Å²) in [5, 5.41) is 14.4. The number of carbonyl (C=O) groups is 2. The lowest BCUT2D eigenvalue weighted by Crippen LogP contribution is -2.34. The van der Waals surface area contributed by atoms with Gasteiger partial charge in [-0.1, -0.05) is 18.2 Å². The largest absolute Gasteiger partial charge is 0.490 e. The number of ether oxygens (including phenoxy) is 1. The number of amides is 1. The molecule has 11 heteroatoms. The van der Waals surface area contributed by atoms with E-state index in [2.05, 4.69) is 21.5 Å². The molecule has 0 spiro atoms. The van der Waals surface area contributed by atoms with E-state index in [-0.39, 0.29) is 12.0 Å². The van der Waals surface area contributed by atoms with Gasteiger partial charge >= 0.3 is 12.1 Å². The van der Waals surface area contributed by atoms with Crippen molar-refractivity contribution in [2.75, 3.05) is 26.2 Å². The Morgan fingerprint density at radius 1 is 1.25 bits per heavy atom. The summed E-state index contributed by atoms with van der Waals surface area (Å²) in [6, 6.07) is 9.37. The fourth-order valence-electron chi connectivity index (χ4n) is 3.95. The van der Waals surface area contributed by atoms with Crippen LogP contribution in [-0.2, 0) is 23.1 Å². The minimum atomic E-state index is -5.08. The topological polar surface area (TPSA) is 96.7 Å². The zero-order valence-corrected chi connectivity index (χ0v) is 17.5. The Labute approximate surface area is 183 Å². The second-order valence-electron chi connectivity index (χ2n) is 7.89. The lowest BCUT2D eigenvalue weighted by Gasteiger charge is -2.19. The molecule has 2 aliphatic heterocycles. The van der Waals surface area contributed by atoms with E-state index in [0.717, 1.165) is 26.2 Å². The van der Waals surface area contributed by atoms with E-state index in [9.17, 15) is 18.0 Å². The van der Waals surface area contributed by atoms with Gasteiger partial charge in [-0.15, -0.1) is 0 Å². The third-order valence-corrected chi connectivity index (χ3v) is 5.48. The van der Waals surface area contributed by atoms with Crippen molar-refractivity contribution in [3.63, 3.8) is 0 Å². The first-order chi connectivity index (χ1) is 15.1. The van der Waals surface area contributed by atoms with Gasteiger partial charge in [-0.3, -0.25) is 14.4 Å². The van der Waals surface area contributed by atoms with Gasteiger partial charge in [0.05, 0.1) is 18.9 Å². The van der Waals surface area contributed by atoms with E-state index in [1.54, 1.807) is 0 Å². The average molecular weight is 454 g/mol. The number of hydrogen-bond donors (Lipinski definition) is 2. The second kappa shape index (κ2) is 10.1. The van der Waals surface area contributed by atoms with E-state index >= 15 is 0 Å². The molecule has 32 heavy (non-hydrogen) atoms. The number of hydrogen-bond acceptors (Lipinski definition) is 5. The van der Waals surface area contributed by atoms with Crippen LogP contribution >= 0.6 is 0 Å². The van der Waals surface area contributed by atoms with Crippen molar-refractivity contribution in [3.05, 3.63) is 53.9 Å². The van der Waals surface area contributed by atoms with Gasteiger partial charge in [0.15, 0.2) is 0 Å². The Bertz CT molecular complexity index is 919. The van der Waals surface area contributed by atoms with E-state index in [1.165, 1.54) is 5.56 Å². The molecule has 0 saturated carbocycles. The van der Waals surface area contributed by atoms with Crippen molar-refractivity contribution in [1.82, 2.24) is 20.0 Å². The van der Waals surface area contributed by atoms with Crippen LogP contribution in [0.3, 0.4) is 0 Å². The van der Waals surface area contributed by atoms with Gasteiger partial charge in [0.1, 0.15) is 0 Å². The highest BCUT2D eigenvalue weighted by Crippen LogP contribution is 2.34. The maximum absolute atomic E-state index is 12.2. The highest BCUT2D eigenvalue weighted by molar-refractivity contribution is 5.94. The van der Waals surface area contributed by atoms with Gasteiger partial charge < -0.3 is 15.2 Å². The molecule has 0 aliphatic carbocycles. The summed E-state index contributed by atoms with van der Waals surface area (Å²) in [5.41, 5.74) is 1.94. The molecule has 3 heterocycles. The smallest absolute Gasteiger partial charge is 0.475 e. The molecule has 8 nitrogen and oxygen atoms in total. The fraction of sp³-hybridized carbons (Fsp3) is 0.476. The quantitative estimate of drug-likeness (QED) is 0.717. The molecular formula is C21H25F3N4O4. The summed E-state index contributed by atoms with van der Waals surface area (Å²) in [6.07, 6.45) is -0.811. The SMILES string of the molecule is Cn1cc(CN2C[C@@H]3[C@H](CNC(=O)c4ccccc4)CO[C@@H]3C2)cn1.O=C(O)C(F)(F)F. The molecule has 3 atom stereocenters. The summed E-state index contributed by atoms with van der Waals surface area (Å²) < 4.78 is 39.6. The van der Waals surface area contributed by atoms with Crippen LogP contribution in [0.2, 0.25) is 0 Å². The van der Waals surface area contributed by atoms with E-state index < -0.39 is 12.1 Å². The molecule has 2 fully saturated rings. The average Bonchev–Trinajstić information content (AvgIpc) is 3.43. The van der Waals surface area contributed by atoms with Crippen LogP contribution in [0.4, 0.5) is 13.2 Å². The van der Waals surface area contributed by atoms with Crippen LogP contribution in [0.25, 0.3) is 0 Å². The van der Waals surface area contributed by atoms with Crippen molar-refractivity contribution in [2.24, 2.45) is 18.9 Å². The molecule has 0 bridgehead atoms. The Hall–Kier alpha value is -2.92. The first-order valence-electron chi connectivity index (χ1n) is 10.1. The third kappa shape index (κ3) is 6.30. The summed E-state index contributed by atoms with van der Waals surface area (Å²) in [6.45, 7) is 4.31. The maximum Gasteiger partial charge on any atom is 0.490 e. The van der Waals surface area contributed by atoms with Gasteiger partial charge in [0.25, 0.3) is 5.91 Å². The first kappa shape index (κ1) is 23.7. The number of fused-ring (bicyclic) bond motifs is 1. The van der Waals surface area contributed by atoms with Crippen molar-refractivity contribution in [1.29, 1.82) is 0 Å². The molecule has 4 rings (SSSR count). The fourth-order valence-corrected chi connectivity index (χ4v) is 3.95. The predicted molar refractivity (Wildman–Crippen MR) is 108 cm³/mol. The first-order valence-corrected chi connectivity index (χ1v) is 10.1. The highest BCUT2D eigenvalue weighted by atomic mass is 19.4. The molecule has 0 unspecified atom stereocenters. The number of likely N-dealkylation sites (tertiary alicyclic amines) is 1. The number of carboxylic acid groups (broad SMARTS) is 1. The van der Waals surface area contributed by atoms with Gasteiger partial charge in [-0.25, -0.2) is 4.79 Å². The van der Waals surface area contributed by atoms with E-state index in [0.29, 0.717) is 23.9 Å². The number of halogens is 3. The van der Waals surface area contributed by atoms with Crippen LogP contribution in [0.5, 0.6) is 0 Å². The molecule has 1 aromatic heterocycles. The Morgan fingerprint density at radius 3 is 2.53 bits per heavy atom. The zero-order valence-electron chi connectivity index (χ0n) is 17.5. The molecule has 174 valence electrons. The van der Waals surface area contributed by atoms with Crippen molar-refractivity contribution < 1.29 is 32.6 Å². The minimum absolute atomic E-state index is 0.00531. The summed E-state index contributed by atoms with van der Waals surface area (Å²) >= 11 is 0. The van der Waals surface area contributed by atoms with E-state index in [1.807, 2.05) is 48.3 Å². The van der Waals surface area contributed by atoms with Crippen LogP contribution in [0, 0.1) is 11.8 Å². The molecule has 2 aliphatic rings. The molecule has 0 radical (unpaired) electrons. The monoisotopic (exact) mass is 454 g/mol. The lowest BCUT2D eigenvalue weighted by molar-refractivity contribution is -0.192. The van der Waals surface area contributed by atoms with Crippen molar-refractivity contribution in [2.45, 2.75) is 18.8 Å². The number of carbonyl (C=O) groups excluding carboxylic acids is 1.